The van der Waals surface area contributed by atoms with Crippen LogP contribution in [0.4, 0.5) is 5.69 Å². The third kappa shape index (κ3) is 4.98. The topological polar surface area (TPSA) is 47.3 Å². The lowest BCUT2D eigenvalue weighted by Crippen LogP contribution is -2.39. The zero-order chi connectivity index (χ0) is 19.1. The van der Waals surface area contributed by atoms with Crippen LogP contribution in [0.25, 0.3) is 0 Å². The van der Waals surface area contributed by atoms with Crippen molar-refractivity contribution in [2.24, 2.45) is 5.92 Å². The van der Waals surface area contributed by atoms with E-state index in [1.54, 1.807) is 6.20 Å². The van der Waals surface area contributed by atoms with Crippen LogP contribution in [0.2, 0.25) is 0 Å². The molecule has 0 bridgehead atoms. The smallest absolute Gasteiger partial charge is 0.266 e. The molecule has 1 heterocycles. The van der Waals surface area contributed by atoms with Crippen molar-refractivity contribution in [2.45, 2.75) is 19.3 Å². The maximum atomic E-state index is 12.8. The average Bonchev–Trinajstić information content (AvgIpc) is 2.73. The maximum absolute atomic E-state index is 12.8. The highest BCUT2D eigenvalue weighted by Gasteiger charge is 2.25. The van der Waals surface area contributed by atoms with Crippen LogP contribution in [-0.2, 0) is 11.2 Å². The minimum atomic E-state index is -0.168. The monoisotopic (exact) mass is 359 g/mol. The Morgan fingerprint density at radius 3 is 2.30 bits per heavy atom. The normalized spacial score (nSPS) is 15.3. The van der Waals surface area contributed by atoms with Gasteiger partial charge in [0, 0.05) is 32.0 Å². The third-order valence-corrected chi connectivity index (χ3v) is 5.11. The lowest BCUT2D eigenvalue weighted by atomic mass is 9.90. The summed E-state index contributed by atoms with van der Waals surface area (Å²) in [5, 5.41) is 9.48. The maximum Gasteiger partial charge on any atom is 0.266 e. The highest BCUT2D eigenvalue weighted by Crippen LogP contribution is 2.23. The minimum Gasteiger partial charge on any atom is -0.350 e. The Hall–Kier alpha value is -3.06. The first-order valence-corrected chi connectivity index (χ1v) is 9.40. The van der Waals surface area contributed by atoms with Crippen LogP contribution in [0, 0.1) is 17.2 Å². The van der Waals surface area contributed by atoms with Crippen LogP contribution in [0.3, 0.4) is 0 Å². The van der Waals surface area contributed by atoms with E-state index in [1.165, 1.54) is 5.56 Å². The Morgan fingerprint density at radius 2 is 1.70 bits per heavy atom. The van der Waals surface area contributed by atoms with Gasteiger partial charge in [0.15, 0.2) is 0 Å². The third-order valence-electron chi connectivity index (χ3n) is 5.11. The molecule has 138 valence electrons. The van der Waals surface area contributed by atoms with Gasteiger partial charge in [0.1, 0.15) is 11.6 Å². The van der Waals surface area contributed by atoms with E-state index in [4.69, 9.17) is 0 Å². The fourth-order valence-electron chi connectivity index (χ4n) is 3.52. The van der Waals surface area contributed by atoms with Crippen LogP contribution in [0.1, 0.15) is 18.4 Å². The predicted octanol–water partition coefficient (Wildman–Crippen LogP) is 4.01. The quantitative estimate of drug-likeness (QED) is 0.598. The molecule has 4 nitrogen and oxygen atoms in total. The number of hydrogen-bond donors (Lipinski definition) is 0. The molecule has 0 aromatic heterocycles. The largest absolute Gasteiger partial charge is 0.350 e. The molecule has 0 saturated carbocycles. The van der Waals surface area contributed by atoms with Crippen molar-refractivity contribution in [3.8, 4) is 6.07 Å². The Kier molecular flexibility index (Phi) is 6.27. The summed E-state index contributed by atoms with van der Waals surface area (Å²) in [6.45, 7) is 1.43. The van der Waals surface area contributed by atoms with Gasteiger partial charge in [0.2, 0.25) is 0 Å². The number of anilines is 1. The SMILES string of the molecule is CN(/C=C(/C#N)C(=O)N1CCC(Cc2ccccc2)CC1)c1ccccc1. The van der Waals surface area contributed by atoms with E-state index in [9.17, 15) is 10.1 Å². The van der Waals surface area contributed by atoms with E-state index >= 15 is 0 Å². The molecule has 1 saturated heterocycles. The molecule has 1 fully saturated rings. The zero-order valence-corrected chi connectivity index (χ0v) is 15.7. The summed E-state index contributed by atoms with van der Waals surface area (Å²) >= 11 is 0. The van der Waals surface area contributed by atoms with Crippen molar-refractivity contribution >= 4 is 11.6 Å². The van der Waals surface area contributed by atoms with Crippen molar-refractivity contribution in [3.63, 3.8) is 0 Å². The van der Waals surface area contributed by atoms with Gasteiger partial charge in [-0.3, -0.25) is 4.79 Å². The molecule has 0 atom stereocenters. The minimum absolute atomic E-state index is 0.168. The van der Waals surface area contributed by atoms with E-state index in [0.717, 1.165) is 24.9 Å². The van der Waals surface area contributed by atoms with E-state index in [2.05, 4.69) is 30.3 Å². The van der Waals surface area contributed by atoms with Gasteiger partial charge in [0.05, 0.1) is 0 Å². The van der Waals surface area contributed by atoms with Crippen molar-refractivity contribution in [2.75, 3.05) is 25.0 Å². The van der Waals surface area contributed by atoms with Gasteiger partial charge < -0.3 is 9.80 Å². The highest BCUT2D eigenvalue weighted by atomic mass is 16.2. The van der Waals surface area contributed by atoms with Crippen LogP contribution in [0.5, 0.6) is 0 Å². The Morgan fingerprint density at radius 1 is 1.11 bits per heavy atom. The molecule has 1 aliphatic rings. The number of piperidine rings is 1. The number of rotatable bonds is 5. The summed E-state index contributed by atoms with van der Waals surface area (Å²) < 4.78 is 0. The fourth-order valence-corrected chi connectivity index (χ4v) is 3.52. The van der Waals surface area contributed by atoms with E-state index in [0.29, 0.717) is 19.0 Å². The van der Waals surface area contributed by atoms with Gasteiger partial charge >= 0.3 is 0 Å². The molecule has 0 radical (unpaired) electrons. The second-order valence-corrected chi connectivity index (χ2v) is 7.03. The number of carbonyl (C=O) groups excluding carboxylic acids is 1. The molecular formula is C23H25N3O. The van der Waals surface area contributed by atoms with E-state index in [-0.39, 0.29) is 11.5 Å². The Balaban J connectivity index is 1.59. The second kappa shape index (κ2) is 9.05. The average molecular weight is 359 g/mol. The van der Waals surface area contributed by atoms with Crippen molar-refractivity contribution in [1.82, 2.24) is 4.90 Å². The van der Waals surface area contributed by atoms with Crippen LogP contribution >= 0.6 is 0 Å². The van der Waals surface area contributed by atoms with Crippen LogP contribution in [0.15, 0.2) is 72.4 Å². The number of carbonyl (C=O) groups is 1. The first kappa shape index (κ1) is 18.7. The number of likely N-dealkylation sites (tertiary alicyclic amines) is 1. The van der Waals surface area contributed by atoms with Gasteiger partial charge in [-0.2, -0.15) is 5.26 Å². The Bertz CT molecular complexity index is 816. The van der Waals surface area contributed by atoms with Crippen molar-refractivity contribution < 1.29 is 4.79 Å². The number of nitriles is 1. The molecule has 0 N–H and O–H groups in total. The van der Waals surface area contributed by atoms with E-state index in [1.807, 2.05) is 53.2 Å². The van der Waals surface area contributed by atoms with Crippen LogP contribution in [-0.4, -0.2) is 30.9 Å². The lowest BCUT2D eigenvalue weighted by molar-refractivity contribution is -0.128. The van der Waals surface area contributed by atoms with Crippen molar-refractivity contribution in [3.05, 3.63) is 78.0 Å². The first-order chi connectivity index (χ1) is 13.2. The predicted molar refractivity (Wildman–Crippen MR) is 108 cm³/mol. The Labute approximate surface area is 161 Å². The second-order valence-electron chi connectivity index (χ2n) is 7.03. The molecule has 27 heavy (non-hydrogen) atoms. The number of benzene rings is 2. The molecular weight excluding hydrogens is 334 g/mol. The molecule has 3 rings (SSSR count). The molecule has 1 amide bonds. The van der Waals surface area contributed by atoms with E-state index < -0.39 is 0 Å². The number of hydrogen-bond acceptors (Lipinski definition) is 3. The van der Waals surface area contributed by atoms with Crippen molar-refractivity contribution in [1.29, 1.82) is 5.26 Å². The van der Waals surface area contributed by atoms with Gasteiger partial charge in [0.25, 0.3) is 5.91 Å². The van der Waals surface area contributed by atoms with Gasteiger partial charge in [-0.05, 0) is 42.9 Å². The number of amides is 1. The standard InChI is InChI=1S/C23H25N3O/c1-25(22-10-6-3-7-11-22)18-21(17-24)23(27)26-14-12-20(13-15-26)16-19-8-4-2-5-9-19/h2-11,18,20H,12-16H2,1H3/b21-18-. The summed E-state index contributed by atoms with van der Waals surface area (Å²) in [4.78, 5) is 16.4. The summed E-state index contributed by atoms with van der Waals surface area (Å²) in [5.41, 5.74) is 2.48. The highest BCUT2D eigenvalue weighted by molar-refractivity contribution is 5.97. The van der Waals surface area contributed by atoms with Crippen LogP contribution < -0.4 is 4.90 Å². The fraction of sp³-hybridized carbons (Fsp3) is 0.304. The van der Waals surface area contributed by atoms with Gasteiger partial charge in [-0.1, -0.05) is 48.5 Å². The summed E-state index contributed by atoms with van der Waals surface area (Å²) in [6, 6.07) is 22.3. The molecule has 0 spiro atoms. The summed E-state index contributed by atoms with van der Waals surface area (Å²) in [5.74, 6) is 0.427. The zero-order valence-electron chi connectivity index (χ0n) is 15.7. The van der Waals surface area contributed by atoms with Gasteiger partial charge in [-0.25, -0.2) is 0 Å². The first-order valence-electron chi connectivity index (χ1n) is 9.40. The molecule has 4 heteroatoms. The molecule has 0 aliphatic carbocycles. The number of nitrogens with zero attached hydrogens (tertiary/aromatic N) is 3. The molecule has 2 aromatic carbocycles. The lowest BCUT2D eigenvalue weighted by Gasteiger charge is -2.32. The molecule has 2 aromatic rings. The number of para-hydroxylation sites is 1. The summed E-state index contributed by atoms with van der Waals surface area (Å²) in [7, 11) is 1.85. The molecule has 1 aliphatic heterocycles. The summed E-state index contributed by atoms with van der Waals surface area (Å²) in [6.07, 6.45) is 4.65. The van der Waals surface area contributed by atoms with Gasteiger partial charge in [-0.15, -0.1) is 0 Å². The molecule has 0 unspecified atom stereocenters.